The topological polar surface area (TPSA) is 20.3 Å². The van der Waals surface area contributed by atoms with E-state index >= 15 is 0 Å². The van der Waals surface area contributed by atoms with E-state index in [1.54, 1.807) is 0 Å². The summed E-state index contributed by atoms with van der Waals surface area (Å²) in [5.41, 5.74) is 1.62. The first kappa shape index (κ1) is 13.4. The molecule has 0 fully saturated rings. The summed E-state index contributed by atoms with van der Waals surface area (Å²) in [6, 6.07) is 0. The van der Waals surface area contributed by atoms with Crippen LogP contribution in [0.3, 0.4) is 0 Å². The van der Waals surface area contributed by atoms with Crippen molar-refractivity contribution in [3.63, 3.8) is 0 Å². The van der Waals surface area contributed by atoms with Crippen LogP contribution in [0, 0.1) is 5.41 Å². The van der Waals surface area contributed by atoms with Crippen molar-refractivity contribution in [1.82, 2.24) is 4.90 Å². The van der Waals surface area contributed by atoms with Crippen LogP contribution in [0.15, 0.2) is 22.8 Å². The highest BCUT2D eigenvalue weighted by Crippen LogP contribution is 2.33. The molecule has 1 aliphatic rings. The van der Waals surface area contributed by atoms with Gasteiger partial charge in [0.1, 0.15) is 0 Å². The van der Waals surface area contributed by atoms with Gasteiger partial charge in [-0.05, 0) is 18.3 Å². The predicted molar refractivity (Wildman–Crippen MR) is 71.5 cm³/mol. The van der Waals surface area contributed by atoms with Crippen molar-refractivity contribution in [3.8, 4) is 0 Å². The Morgan fingerprint density at radius 3 is 2.38 bits per heavy atom. The van der Waals surface area contributed by atoms with Gasteiger partial charge in [0.15, 0.2) is 0 Å². The van der Waals surface area contributed by atoms with E-state index in [4.69, 9.17) is 0 Å². The maximum absolute atomic E-state index is 11.5. The average molecular weight is 239 g/mol. The lowest BCUT2D eigenvalue weighted by Crippen LogP contribution is -2.33. The second kappa shape index (κ2) is 4.66. The summed E-state index contributed by atoms with van der Waals surface area (Å²) in [4.78, 5) is 14.3. The molecule has 0 N–H and O–H groups in total. The fourth-order valence-electron chi connectivity index (χ4n) is 1.75. The Balaban J connectivity index is 2.46. The zero-order valence-corrected chi connectivity index (χ0v) is 11.5. The SMILES string of the molecule is C=C1C(=O)C(N(C)CCCC(C)(C)C)=C1S. The minimum atomic E-state index is 0.0447. The van der Waals surface area contributed by atoms with Gasteiger partial charge in [0.25, 0.3) is 0 Å². The predicted octanol–water partition coefficient (Wildman–Crippen LogP) is 3.02. The van der Waals surface area contributed by atoms with Crippen molar-refractivity contribution in [2.45, 2.75) is 33.6 Å². The molecule has 0 radical (unpaired) electrons. The second-order valence-corrected chi connectivity index (χ2v) is 6.04. The summed E-state index contributed by atoms with van der Waals surface area (Å²) in [7, 11) is 1.94. The quantitative estimate of drug-likeness (QED) is 0.601. The summed E-state index contributed by atoms with van der Waals surface area (Å²) in [5.74, 6) is 0.0447. The molecule has 0 aliphatic heterocycles. The van der Waals surface area contributed by atoms with Crippen molar-refractivity contribution in [2.24, 2.45) is 5.41 Å². The van der Waals surface area contributed by atoms with Gasteiger partial charge in [0.2, 0.25) is 5.78 Å². The lowest BCUT2D eigenvalue weighted by Gasteiger charge is -2.31. The van der Waals surface area contributed by atoms with Gasteiger partial charge >= 0.3 is 0 Å². The van der Waals surface area contributed by atoms with E-state index in [9.17, 15) is 4.79 Å². The molecule has 1 rings (SSSR count). The maximum Gasteiger partial charge on any atom is 0.210 e. The van der Waals surface area contributed by atoms with E-state index in [1.807, 2.05) is 11.9 Å². The number of ketones is 1. The van der Waals surface area contributed by atoms with E-state index in [0.717, 1.165) is 30.0 Å². The van der Waals surface area contributed by atoms with Crippen molar-refractivity contribution in [3.05, 3.63) is 22.8 Å². The highest BCUT2D eigenvalue weighted by Gasteiger charge is 2.32. The summed E-state index contributed by atoms with van der Waals surface area (Å²) in [6.07, 6.45) is 2.24. The van der Waals surface area contributed by atoms with Crippen LogP contribution in [0.2, 0.25) is 0 Å². The lowest BCUT2D eigenvalue weighted by molar-refractivity contribution is -0.114. The Hall–Kier alpha value is -0.700. The van der Waals surface area contributed by atoms with Crippen LogP contribution < -0.4 is 0 Å². The van der Waals surface area contributed by atoms with Gasteiger partial charge < -0.3 is 4.90 Å². The van der Waals surface area contributed by atoms with E-state index in [1.165, 1.54) is 0 Å². The number of nitrogens with zero attached hydrogens (tertiary/aromatic N) is 1. The number of hydrogen-bond donors (Lipinski definition) is 1. The molecule has 2 nitrogen and oxygen atoms in total. The van der Waals surface area contributed by atoms with Gasteiger partial charge in [-0.2, -0.15) is 0 Å². The Kier molecular flexibility index (Phi) is 3.89. The first-order chi connectivity index (χ1) is 7.24. The number of likely N-dealkylation sites (N-methyl/N-ethyl adjacent to an activating group) is 1. The van der Waals surface area contributed by atoms with Crippen LogP contribution >= 0.6 is 12.6 Å². The molecule has 0 spiro atoms. The Morgan fingerprint density at radius 1 is 1.38 bits per heavy atom. The molecule has 90 valence electrons. The van der Waals surface area contributed by atoms with E-state index < -0.39 is 0 Å². The largest absolute Gasteiger partial charge is 0.371 e. The third-order valence-electron chi connectivity index (χ3n) is 2.80. The molecule has 0 saturated heterocycles. The molecule has 16 heavy (non-hydrogen) atoms. The summed E-state index contributed by atoms with van der Waals surface area (Å²) >= 11 is 4.27. The molecule has 0 unspecified atom stereocenters. The van der Waals surface area contributed by atoms with E-state index in [2.05, 4.69) is 40.0 Å². The minimum Gasteiger partial charge on any atom is -0.371 e. The number of rotatable bonds is 4. The van der Waals surface area contributed by atoms with Crippen molar-refractivity contribution in [2.75, 3.05) is 13.6 Å². The molecular formula is C13H21NOS. The minimum absolute atomic E-state index is 0.0447. The maximum atomic E-state index is 11.5. The summed E-state index contributed by atoms with van der Waals surface area (Å²) in [6.45, 7) is 11.2. The molecule has 0 bridgehead atoms. The highest BCUT2D eigenvalue weighted by molar-refractivity contribution is 7.85. The molecule has 0 aromatic rings. The standard InChI is InChI=1S/C13H21NOS/c1-9-11(15)10(12(9)16)14(5)8-6-7-13(2,3)4/h16H,1,6-8H2,2-5H3. The molecule has 0 saturated carbocycles. The monoisotopic (exact) mass is 239 g/mol. The number of hydrogen-bond acceptors (Lipinski definition) is 3. The molecule has 0 amide bonds. The number of thiol groups is 1. The molecule has 0 heterocycles. The molecule has 1 aliphatic carbocycles. The molecule has 0 aromatic carbocycles. The van der Waals surface area contributed by atoms with Gasteiger partial charge in [-0.25, -0.2) is 0 Å². The van der Waals surface area contributed by atoms with Gasteiger partial charge in [-0.3, -0.25) is 4.79 Å². The number of carbonyl (C=O) groups is 1. The zero-order chi connectivity index (χ0) is 12.5. The van der Waals surface area contributed by atoms with Crippen LogP contribution in [0.5, 0.6) is 0 Å². The summed E-state index contributed by atoms with van der Waals surface area (Å²) < 4.78 is 0. The third kappa shape index (κ3) is 2.91. The van der Waals surface area contributed by atoms with Crippen molar-refractivity contribution in [1.29, 1.82) is 0 Å². The molecule has 0 aromatic heterocycles. The van der Waals surface area contributed by atoms with E-state index in [0.29, 0.717) is 11.0 Å². The zero-order valence-electron chi connectivity index (χ0n) is 10.6. The highest BCUT2D eigenvalue weighted by atomic mass is 32.1. The van der Waals surface area contributed by atoms with Crippen LogP contribution in [0.1, 0.15) is 33.6 Å². The summed E-state index contributed by atoms with van der Waals surface area (Å²) in [5, 5.41) is 0. The van der Waals surface area contributed by atoms with Crippen LogP contribution in [-0.4, -0.2) is 24.3 Å². The molecule has 0 atom stereocenters. The smallest absolute Gasteiger partial charge is 0.210 e. The Labute approximate surface area is 104 Å². The van der Waals surface area contributed by atoms with E-state index in [-0.39, 0.29) is 5.78 Å². The van der Waals surface area contributed by atoms with Crippen molar-refractivity contribution < 1.29 is 4.79 Å². The molecule has 3 heteroatoms. The fourth-order valence-corrected chi connectivity index (χ4v) is 2.12. The lowest BCUT2D eigenvalue weighted by atomic mass is 9.90. The fraction of sp³-hybridized carbons (Fsp3) is 0.615. The number of Topliss-reactive ketones (excluding diaryl/α,β-unsaturated/α-hetero) is 1. The van der Waals surface area contributed by atoms with Gasteiger partial charge in [-0.15, -0.1) is 12.6 Å². The molecular weight excluding hydrogens is 218 g/mol. The first-order valence-corrected chi connectivity index (χ1v) is 6.07. The normalized spacial score (nSPS) is 16.6. The van der Waals surface area contributed by atoms with Crippen LogP contribution in [0.25, 0.3) is 0 Å². The Bertz CT molecular complexity index is 349. The van der Waals surface area contributed by atoms with Crippen molar-refractivity contribution >= 4 is 18.4 Å². The van der Waals surface area contributed by atoms with Crippen LogP contribution in [0.4, 0.5) is 0 Å². The van der Waals surface area contributed by atoms with Gasteiger partial charge in [-0.1, -0.05) is 27.4 Å². The third-order valence-corrected chi connectivity index (χ3v) is 3.28. The van der Waals surface area contributed by atoms with Crippen LogP contribution in [-0.2, 0) is 4.79 Å². The number of carbonyl (C=O) groups excluding carboxylic acids is 1. The second-order valence-electron chi connectivity index (χ2n) is 5.59. The first-order valence-electron chi connectivity index (χ1n) is 5.62. The van der Waals surface area contributed by atoms with Gasteiger partial charge in [0, 0.05) is 24.1 Å². The average Bonchev–Trinajstić information content (AvgIpc) is 2.15. The Morgan fingerprint density at radius 2 is 1.94 bits per heavy atom. The number of allylic oxidation sites excluding steroid dienone is 2. The van der Waals surface area contributed by atoms with Gasteiger partial charge in [0.05, 0.1) is 5.70 Å².